The summed E-state index contributed by atoms with van der Waals surface area (Å²) in [5.74, 6) is 0.886. The van der Waals surface area contributed by atoms with Crippen LogP contribution in [0.5, 0.6) is 0 Å². The third-order valence-electron chi connectivity index (χ3n) is 5.03. The monoisotopic (exact) mass is 393 g/mol. The molecule has 0 unspecified atom stereocenters. The molecule has 9 heteroatoms. The molecule has 1 atom stereocenters. The smallest absolute Gasteiger partial charge is 0.242 e. The second-order valence-corrected chi connectivity index (χ2v) is 9.25. The zero-order chi connectivity index (χ0) is 19.8. The Labute approximate surface area is 160 Å². The lowest BCUT2D eigenvalue weighted by Crippen LogP contribution is -2.32. The molecule has 1 amide bonds. The molecule has 0 radical (unpaired) electrons. The van der Waals surface area contributed by atoms with E-state index in [-0.39, 0.29) is 16.8 Å². The van der Waals surface area contributed by atoms with Gasteiger partial charge in [0.1, 0.15) is 5.82 Å². The van der Waals surface area contributed by atoms with Crippen molar-refractivity contribution in [1.82, 2.24) is 18.8 Å². The van der Waals surface area contributed by atoms with Crippen molar-refractivity contribution in [1.29, 1.82) is 0 Å². The molecule has 0 spiro atoms. The van der Waals surface area contributed by atoms with Crippen molar-refractivity contribution >= 4 is 27.0 Å². The molecule has 1 aliphatic heterocycles. The predicted octanol–water partition coefficient (Wildman–Crippen LogP) is 0.799. The van der Waals surface area contributed by atoms with E-state index in [1.807, 2.05) is 16.4 Å². The number of amides is 1. The molecule has 0 aliphatic carbocycles. The highest BCUT2D eigenvalue weighted by Crippen LogP contribution is 2.23. The maximum Gasteiger partial charge on any atom is 0.242 e. The Kier molecular flexibility index (Phi) is 5.55. The molecule has 2 N–H and O–H groups in total. The van der Waals surface area contributed by atoms with Crippen LogP contribution in [0, 0.1) is 0 Å². The highest BCUT2D eigenvalue weighted by molar-refractivity contribution is 7.89. The molecule has 1 saturated heterocycles. The van der Waals surface area contributed by atoms with Gasteiger partial charge in [-0.3, -0.25) is 4.79 Å². The fourth-order valence-electron chi connectivity index (χ4n) is 3.47. The number of rotatable bonds is 6. The highest BCUT2D eigenvalue weighted by atomic mass is 32.2. The number of benzene rings is 1. The Hall–Kier alpha value is -1.97. The Morgan fingerprint density at radius 3 is 2.70 bits per heavy atom. The first kappa shape index (κ1) is 19.8. The topological polar surface area (TPSA) is 102 Å². The van der Waals surface area contributed by atoms with Gasteiger partial charge < -0.3 is 15.2 Å². The molecule has 0 saturated carbocycles. The minimum absolute atomic E-state index is 0.0752. The van der Waals surface area contributed by atoms with Crippen LogP contribution in [-0.4, -0.2) is 66.3 Å². The van der Waals surface area contributed by atoms with Gasteiger partial charge >= 0.3 is 0 Å². The van der Waals surface area contributed by atoms with E-state index in [1.54, 1.807) is 18.2 Å². The number of hydrogen-bond acceptors (Lipinski definition) is 5. The molecule has 148 valence electrons. The summed E-state index contributed by atoms with van der Waals surface area (Å²) in [4.78, 5) is 19.0. The van der Waals surface area contributed by atoms with Crippen LogP contribution < -0.4 is 5.73 Å². The number of imidazole rings is 1. The summed E-state index contributed by atoms with van der Waals surface area (Å²) in [5, 5.41) is 0. The van der Waals surface area contributed by atoms with Crippen molar-refractivity contribution in [3.05, 3.63) is 24.0 Å². The van der Waals surface area contributed by atoms with Gasteiger partial charge in [-0.1, -0.05) is 0 Å². The quantitative estimate of drug-likeness (QED) is 0.782. The lowest BCUT2D eigenvalue weighted by molar-refractivity contribution is -0.130. The summed E-state index contributed by atoms with van der Waals surface area (Å²) >= 11 is 0. The van der Waals surface area contributed by atoms with Crippen LogP contribution in [0.4, 0.5) is 0 Å². The van der Waals surface area contributed by atoms with Crippen LogP contribution in [0.15, 0.2) is 23.1 Å². The number of aromatic nitrogens is 2. The highest BCUT2D eigenvalue weighted by Gasteiger charge is 2.24. The first-order chi connectivity index (χ1) is 12.7. The molecule has 1 aromatic heterocycles. The average molecular weight is 394 g/mol. The van der Waals surface area contributed by atoms with E-state index in [4.69, 9.17) is 5.73 Å². The summed E-state index contributed by atoms with van der Waals surface area (Å²) in [6, 6.07) is 5.06. The molecule has 2 aromatic rings. The van der Waals surface area contributed by atoms with Gasteiger partial charge in [-0.25, -0.2) is 17.7 Å². The van der Waals surface area contributed by atoms with Gasteiger partial charge in [-0.15, -0.1) is 0 Å². The van der Waals surface area contributed by atoms with Gasteiger partial charge in [0.25, 0.3) is 0 Å². The maximum absolute atomic E-state index is 12.4. The number of sulfonamides is 1. The Morgan fingerprint density at radius 1 is 1.37 bits per heavy atom. The molecule has 3 rings (SSSR count). The average Bonchev–Trinajstić information content (AvgIpc) is 3.21. The summed E-state index contributed by atoms with van der Waals surface area (Å²) in [5.41, 5.74) is 7.38. The second-order valence-electron chi connectivity index (χ2n) is 7.10. The number of hydrogen-bond donors (Lipinski definition) is 1. The lowest BCUT2D eigenvalue weighted by atomic mass is 10.2. The van der Waals surface area contributed by atoms with Crippen LogP contribution >= 0.6 is 0 Å². The number of fused-ring (bicyclic) bond motifs is 1. The molecule has 27 heavy (non-hydrogen) atoms. The maximum atomic E-state index is 12.4. The third-order valence-corrected chi connectivity index (χ3v) is 6.84. The van der Waals surface area contributed by atoms with E-state index in [2.05, 4.69) is 4.98 Å². The van der Waals surface area contributed by atoms with E-state index in [1.165, 1.54) is 18.4 Å². The SMILES string of the molecule is CCn1c(CCC(=O)N2CC[C@@H](N)C2)nc2cc(S(=O)(=O)N(C)C)ccc21. The van der Waals surface area contributed by atoms with Gasteiger partial charge in [-0.05, 0) is 31.5 Å². The van der Waals surface area contributed by atoms with Gasteiger partial charge in [0, 0.05) is 52.6 Å². The minimum atomic E-state index is -3.51. The van der Waals surface area contributed by atoms with Crippen molar-refractivity contribution in [3.63, 3.8) is 0 Å². The van der Waals surface area contributed by atoms with Crippen molar-refractivity contribution < 1.29 is 13.2 Å². The molecular formula is C18H27N5O3S. The Bertz CT molecular complexity index is 951. The number of aryl methyl sites for hydroxylation is 2. The largest absolute Gasteiger partial charge is 0.341 e. The Balaban J connectivity index is 1.84. The van der Waals surface area contributed by atoms with Gasteiger partial charge in [0.15, 0.2) is 0 Å². The fraction of sp³-hybridized carbons (Fsp3) is 0.556. The predicted molar refractivity (Wildman–Crippen MR) is 104 cm³/mol. The van der Waals surface area contributed by atoms with E-state index in [9.17, 15) is 13.2 Å². The number of nitrogens with zero attached hydrogens (tertiary/aromatic N) is 4. The van der Waals surface area contributed by atoms with Crippen molar-refractivity contribution in [2.45, 2.75) is 43.7 Å². The summed E-state index contributed by atoms with van der Waals surface area (Å²) in [7, 11) is -0.498. The van der Waals surface area contributed by atoms with Crippen LogP contribution in [0.25, 0.3) is 11.0 Å². The van der Waals surface area contributed by atoms with Gasteiger partial charge in [-0.2, -0.15) is 0 Å². The molecule has 8 nitrogen and oxygen atoms in total. The molecule has 2 heterocycles. The number of likely N-dealkylation sites (tertiary alicyclic amines) is 1. The molecular weight excluding hydrogens is 366 g/mol. The first-order valence-corrected chi connectivity index (χ1v) is 10.6. The second kappa shape index (κ2) is 7.57. The first-order valence-electron chi connectivity index (χ1n) is 9.19. The molecule has 1 aliphatic rings. The third kappa shape index (κ3) is 3.85. The van der Waals surface area contributed by atoms with Gasteiger partial charge in [0.05, 0.1) is 15.9 Å². The molecule has 1 fully saturated rings. The van der Waals surface area contributed by atoms with Crippen molar-refractivity contribution in [2.24, 2.45) is 5.73 Å². The van der Waals surface area contributed by atoms with Crippen LogP contribution in [0.2, 0.25) is 0 Å². The van der Waals surface area contributed by atoms with Crippen LogP contribution in [-0.2, 0) is 27.8 Å². The number of carbonyl (C=O) groups excluding carboxylic acids is 1. The van der Waals surface area contributed by atoms with Gasteiger partial charge in [0.2, 0.25) is 15.9 Å². The summed E-state index contributed by atoms with van der Waals surface area (Å²) in [6.07, 6.45) is 1.74. The lowest BCUT2D eigenvalue weighted by Gasteiger charge is -2.15. The van der Waals surface area contributed by atoms with E-state index in [0.717, 1.165) is 24.3 Å². The van der Waals surface area contributed by atoms with E-state index >= 15 is 0 Å². The van der Waals surface area contributed by atoms with Crippen molar-refractivity contribution in [3.8, 4) is 0 Å². The number of nitrogens with two attached hydrogens (primary N) is 1. The summed E-state index contributed by atoms with van der Waals surface area (Å²) in [6.45, 7) is 4.05. The zero-order valence-electron chi connectivity index (χ0n) is 16.1. The Morgan fingerprint density at radius 2 is 2.11 bits per heavy atom. The zero-order valence-corrected chi connectivity index (χ0v) is 16.9. The normalized spacial score (nSPS) is 18.0. The fourth-order valence-corrected chi connectivity index (χ4v) is 4.39. The minimum Gasteiger partial charge on any atom is -0.341 e. The molecule has 1 aromatic carbocycles. The van der Waals surface area contributed by atoms with Crippen molar-refractivity contribution in [2.75, 3.05) is 27.2 Å². The van der Waals surface area contributed by atoms with Crippen LogP contribution in [0.1, 0.15) is 25.6 Å². The number of carbonyl (C=O) groups is 1. The van der Waals surface area contributed by atoms with Crippen LogP contribution in [0.3, 0.4) is 0 Å². The summed E-state index contributed by atoms with van der Waals surface area (Å²) < 4.78 is 27.9. The standard InChI is InChI=1S/C18H27N5O3S/c1-4-23-16-6-5-14(27(25,26)21(2)3)11-15(16)20-17(23)7-8-18(24)22-10-9-13(19)12-22/h5-6,11,13H,4,7-10,12,19H2,1-3H3/t13-/m1/s1. The van der Waals surface area contributed by atoms with E-state index in [0.29, 0.717) is 31.4 Å². The molecule has 0 bridgehead atoms. The van der Waals surface area contributed by atoms with E-state index < -0.39 is 10.0 Å².